The van der Waals surface area contributed by atoms with Gasteiger partial charge in [0.15, 0.2) is 0 Å². The third-order valence-electron chi connectivity index (χ3n) is 2.19. The fourth-order valence-corrected chi connectivity index (χ4v) is 1.10. The Kier molecular flexibility index (Phi) is 4.48. The first-order valence-corrected chi connectivity index (χ1v) is 5.73. The van der Waals surface area contributed by atoms with E-state index in [-0.39, 0.29) is 18.5 Å². The van der Waals surface area contributed by atoms with Gasteiger partial charge in [-0.05, 0) is 38.5 Å². The van der Waals surface area contributed by atoms with E-state index in [4.69, 9.17) is 9.47 Å². The van der Waals surface area contributed by atoms with E-state index in [0.29, 0.717) is 5.75 Å². The molecule has 0 radical (unpaired) electrons. The fraction of sp³-hybridized carbons (Fsp3) is 0.429. The molecule has 0 aliphatic rings. The van der Waals surface area contributed by atoms with Crippen LogP contribution in [0, 0.1) is 5.41 Å². The molecule has 1 aromatic carbocycles. The molecule has 0 saturated carbocycles. The average Bonchev–Trinajstić information content (AvgIpc) is 2.26. The quantitative estimate of drug-likeness (QED) is 0.611. The molecule has 4 heteroatoms. The Hall–Kier alpha value is -1.84. The maximum Gasteiger partial charge on any atom is 0.316 e. The van der Waals surface area contributed by atoms with Crippen molar-refractivity contribution in [1.82, 2.24) is 0 Å². The number of ether oxygens (including phenoxy) is 2. The summed E-state index contributed by atoms with van der Waals surface area (Å²) < 4.78 is 10.1. The number of carbonyl (C=O) groups excluding carboxylic acids is 2. The van der Waals surface area contributed by atoms with E-state index in [1.54, 1.807) is 45.0 Å². The summed E-state index contributed by atoms with van der Waals surface area (Å²) in [7, 11) is 0. The van der Waals surface area contributed by atoms with Crippen molar-refractivity contribution in [3.63, 3.8) is 0 Å². The molecule has 1 aromatic rings. The normalized spacial score (nSPS) is 10.9. The molecular formula is C14H18O4. The zero-order valence-electron chi connectivity index (χ0n) is 11.1. The smallest absolute Gasteiger partial charge is 0.316 e. The van der Waals surface area contributed by atoms with Crippen molar-refractivity contribution in [1.29, 1.82) is 0 Å². The van der Waals surface area contributed by atoms with E-state index in [1.807, 2.05) is 0 Å². The number of benzene rings is 1. The fourth-order valence-electron chi connectivity index (χ4n) is 1.10. The van der Waals surface area contributed by atoms with Crippen molar-refractivity contribution in [2.45, 2.75) is 34.3 Å². The lowest BCUT2D eigenvalue weighted by Crippen LogP contribution is -2.25. The van der Waals surface area contributed by atoms with Gasteiger partial charge < -0.3 is 9.47 Å². The standard InChI is InChI=1S/C14H18O4/c1-10(15)17-9-11-5-7-12(8-6-11)18-13(16)14(2,3)4/h5-8H,9H2,1-4H3. The Bertz CT molecular complexity index is 426. The highest BCUT2D eigenvalue weighted by atomic mass is 16.5. The van der Waals surface area contributed by atoms with Gasteiger partial charge in [-0.15, -0.1) is 0 Å². The van der Waals surface area contributed by atoms with Gasteiger partial charge in [0.2, 0.25) is 0 Å². The highest BCUT2D eigenvalue weighted by Gasteiger charge is 2.23. The lowest BCUT2D eigenvalue weighted by molar-refractivity contribution is -0.143. The van der Waals surface area contributed by atoms with Crippen LogP contribution in [0.2, 0.25) is 0 Å². The first-order valence-electron chi connectivity index (χ1n) is 5.73. The molecule has 0 saturated heterocycles. The van der Waals surface area contributed by atoms with E-state index in [2.05, 4.69) is 0 Å². The van der Waals surface area contributed by atoms with Crippen molar-refractivity contribution in [2.75, 3.05) is 0 Å². The minimum Gasteiger partial charge on any atom is -0.461 e. The van der Waals surface area contributed by atoms with Gasteiger partial charge >= 0.3 is 11.9 Å². The number of carbonyl (C=O) groups is 2. The minimum absolute atomic E-state index is 0.225. The van der Waals surface area contributed by atoms with Crippen LogP contribution in [0.5, 0.6) is 5.75 Å². The summed E-state index contributed by atoms with van der Waals surface area (Å²) in [4.78, 5) is 22.3. The van der Waals surface area contributed by atoms with Gasteiger partial charge in [0.1, 0.15) is 12.4 Å². The molecule has 0 unspecified atom stereocenters. The molecule has 0 fully saturated rings. The van der Waals surface area contributed by atoms with Crippen LogP contribution in [-0.2, 0) is 20.9 Å². The van der Waals surface area contributed by atoms with Crippen LogP contribution in [-0.4, -0.2) is 11.9 Å². The maximum absolute atomic E-state index is 11.6. The largest absolute Gasteiger partial charge is 0.461 e. The summed E-state index contributed by atoms with van der Waals surface area (Å²) in [5.41, 5.74) is 0.317. The highest BCUT2D eigenvalue weighted by molar-refractivity contribution is 5.77. The average molecular weight is 250 g/mol. The van der Waals surface area contributed by atoms with E-state index in [0.717, 1.165) is 5.56 Å². The van der Waals surface area contributed by atoms with Crippen LogP contribution in [0.25, 0.3) is 0 Å². The van der Waals surface area contributed by atoms with E-state index in [1.165, 1.54) is 6.92 Å². The van der Waals surface area contributed by atoms with E-state index >= 15 is 0 Å². The summed E-state index contributed by atoms with van der Waals surface area (Å²) in [6.07, 6.45) is 0. The lowest BCUT2D eigenvalue weighted by Gasteiger charge is -2.16. The first-order chi connectivity index (χ1) is 8.29. The maximum atomic E-state index is 11.6. The molecular weight excluding hydrogens is 232 g/mol. The molecule has 0 aliphatic carbocycles. The van der Waals surface area contributed by atoms with Crippen LogP contribution in [0.1, 0.15) is 33.3 Å². The van der Waals surface area contributed by atoms with Gasteiger partial charge in [-0.2, -0.15) is 0 Å². The molecule has 0 bridgehead atoms. The Morgan fingerprint density at radius 1 is 1.11 bits per heavy atom. The van der Waals surface area contributed by atoms with Gasteiger partial charge in [0, 0.05) is 6.92 Å². The van der Waals surface area contributed by atoms with Crippen molar-refractivity contribution < 1.29 is 19.1 Å². The zero-order valence-corrected chi connectivity index (χ0v) is 11.1. The molecule has 18 heavy (non-hydrogen) atoms. The Morgan fingerprint density at radius 2 is 1.67 bits per heavy atom. The molecule has 0 N–H and O–H groups in total. The third kappa shape index (κ3) is 4.57. The molecule has 0 amide bonds. The molecule has 0 spiro atoms. The van der Waals surface area contributed by atoms with Gasteiger partial charge in [0.25, 0.3) is 0 Å². The summed E-state index contributed by atoms with van der Waals surface area (Å²) in [6, 6.07) is 6.88. The highest BCUT2D eigenvalue weighted by Crippen LogP contribution is 2.19. The Balaban J connectivity index is 2.60. The number of hydrogen-bond donors (Lipinski definition) is 0. The first kappa shape index (κ1) is 14.2. The predicted octanol–water partition coefficient (Wildman–Crippen LogP) is 2.70. The molecule has 0 atom stereocenters. The van der Waals surface area contributed by atoms with Crippen LogP contribution in [0.4, 0.5) is 0 Å². The topological polar surface area (TPSA) is 52.6 Å². The summed E-state index contributed by atoms with van der Waals surface area (Å²) >= 11 is 0. The molecule has 1 rings (SSSR count). The second-order valence-electron chi connectivity index (χ2n) is 5.06. The Labute approximate surface area is 107 Å². The second-order valence-corrected chi connectivity index (χ2v) is 5.06. The number of esters is 2. The van der Waals surface area contributed by atoms with Crippen molar-refractivity contribution in [3.8, 4) is 5.75 Å². The van der Waals surface area contributed by atoms with Gasteiger partial charge in [-0.1, -0.05) is 12.1 Å². The molecule has 0 aromatic heterocycles. The summed E-state index contributed by atoms with van der Waals surface area (Å²) in [5, 5.41) is 0. The van der Waals surface area contributed by atoms with Crippen LogP contribution >= 0.6 is 0 Å². The van der Waals surface area contributed by atoms with E-state index in [9.17, 15) is 9.59 Å². The van der Waals surface area contributed by atoms with Crippen molar-refractivity contribution in [2.24, 2.45) is 5.41 Å². The van der Waals surface area contributed by atoms with Gasteiger partial charge in [0.05, 0.1) is 5.41 Å². The molecule has 98 valence electrons. The third-order valence-corrected chi connectivity index (χ3v) is 2.19. The minimum atomic E-state index is -0.531. The van der Waals surface area contributed by atoms with Crippen LogP contribution in [0.15, 0.2) is 24.3 Å². The van der Waals surface area contributed by atoms with Crippen LogP contribution in [0.3, 0.4) is 0 Å². The SMILES string of the molecule is CC(=O)OCc1ccc(OC(=O)C(C)(C)C)cc1. The summed E-state index contributed by atoms with van der Waals surface area (Å²) in [5.74, 6) is -0.116. The van der Waals surface area contributed by atoms with Crippen molar-refractivity contribution >= 4 is 11.9 Å². The van der Waals surface area contributed by atoms with Gasteiger partial charge in [-0.3, -0.25) is 9.59 Å². The van der Waals surface area contributed by atoms with Crippen LogP contribution < -0.4 is 4.74 Å². The zero-order chi connectivity index (χ0) is 13.8. The van der Waals surface area contributed by atoms with Crippen molar-refractivity contribution in [3.05, 3.63) is 29.8 Å². The number of rotatable bonds is 3. The van der Waals surface area contributed by atoms with E-state index < -0.39 is 5.41 Å². The lowest BCUT2D eigenvalue weighted by atomic mass is 9.97. The monoisotopic (exact) mass is 250 g/mol. The molecule has 0 aliphatic heterocycles. The second kappa shape index (κ2) is 5.67. The summed E-state index contributed by atoms with van der Waals surface area (Å²) in [6.45, 7) is 6.97. The predicted molar refractivity (Wildman–Crippen MR) is 67.0 cm³/mol. The molecule has 4 nitrogen and oxygen atoms in total. The molecule has 0 heterocycles. The number of hydrogen-bond acceptors (Lipinski definition) is 4. The Morgan fingerprint density at radius 3 is 2.11 bits per heavy atom. The van der Waals surface area contributed by atoms with Gasteiger partial charge in [-0.25, -0.2) is 0 Å².